The second kappa shape index (κ2) is 24.9. The molecule has 0 unspecified atom stereocenters. The van der Waals surface area contributed by atoms with E-state index in [1.165, 1.54) is 96.0 Å². The molecule has 14 rings (SSSR count). The Kier molecular flexibility index (Phi) is 17.2. The van der Waals surface area contributed by atoms with Crippen LogP contribution >= 0.6 is 0 Å². The Balaban J connectivity index is 0.000000189. The fourth-order valence-electron chi connectivity index (χ4n) is 11.6. The molecule has 6 aromatic heterocycles. The van der Waals surface area contributed by atoms with Gasteiger partial charge in [0.1, 0.15) is 57.2 Å². The van der Waals surface area contributed by atoms with Crippen LogP contribution in [0.5, 0.6) is 11.5 Å². The molecule has 2 aliphatic heterocycles. The first-order chi connectivity index (χ1) is 44.4. The second-order valence-corrected chi connectivity index (χ2v) is 25.8. The predicted molar refractivity (Wildman–Crippen MR) is 346 cm³/mol. The number of carbonyl (C=O) groups excluding carboxylic acids is 3. The number of pyridine rings is 2. The summed E-state index contributed by atoms with van der Waals surface area (Å²) in [7, 11) is -0.444. The van der Waals surface area contributed by atoms with Crippen molar-refractivity contribution in [3.8, 4) is 79.4 Å². The molecule has 0 bridgehead atoms. The predicted octanol–water partition coefficient (Wildman–Crippen LogP) is 8.37. The molecule has 0 aliphatic carbocycles. The van der Waals surface area contributed by atoms with Crippen molar-refractivity contribution < 1.29 is 97.3 Å². The fourth-order valence-corrected chi connectivity index (χ4v) is 12.7. The molecule has 28 heteroatoms. The first-order valence-electron chi connectivity index (χ1n) is 28.4. The number of aromatic carboxylic acids is 1. The van der Waals surface area contributed by atoms with Gasteiger partial charge in [-0.2, -0.15) is 0 Å². The van der Waals surface area contributed by atoms with Gasteiger partial charge < -0.3 is 53.4 Å². The number of anilines is 2. The van der Waals surface area contributed by atoms with Gasteiger partial charge in [-0.05, 0) is 121 Å². The van der Waals surface area contributed by atoms with Crippen molar-refractivity contribution in [1.82, 2.24) is 29.7 Å². The summed E-state index contributed by atoms with van der Waals surface area (Å²) in [5.41, 5.74) is 7.92. The zero-order valence-electron chi connectivity index (χ0n) is 51.7. The molecule has 0 spiro atoms. The number of benzene rings is 6. The first-order valence-corrected chi connectivity index (χ1v) is 32.1. The van der Waals surface area contributed by atoms with Crippen molar-refractivity contribution in [3.63, 3.8) is 0 Å². The number of halogens is 2. The van der Waals surface area contributed by atoms with Gasteiger partial charge in [0.05, 0.1) is 87.1 Å². The van der Waals surface area contributed by atoms with Crippen LogP contribution in [0.2, 0.25) is 0 Å². The largest absolute Gasteiger partial charge is 1.00 e. The molecule has 0 fully saturated rings. The number of ether oxygens (including phenoxy) is 3. The van der Waals surface area contributed by atoms with E-state index in [1.54, 1.807) is 72.8 Å². The molecule has 4 N–H and O–H groups in total. The summed E-state index contributed by atoms with van der Waals surface area (Å²) in [4.78, 5) is 60.8. The number of sulfonamides is 2. The minimum atomic E-state index is -3.77. The maximum atomic E-state index is 13.8. The fraction of sp³-hybridized carbons (Fsp3) is 0.134. The van der Waals surface area contributed by atoms with Crippen molar-refractivity contribution in [3.05, 3.63) is 179 Å². The number of rotatable bonds is 12. The van der Waals surface area contributed by atoms with Crippen molar-refractivity contribution in [2.45, 2.75) is 13.5 Å². The number of aromatic nitrogens is 4. The topological polar surface area (TPSA) is 307 Å². The number of carboxylic acid groups (broad SMARTS) is 1. The van der Waals surface area contributed by atoms with Crippen LogP contribution < -0.4 is 47.6 Å². The normalized spacial score (nSPS) is 12.1. The molecule has 0 saturated heterocycles. The SMILES string of the molecule is CNC(=O)c1c(-c2ccc(F)cc2)oc2cc(N(C)S(C)(=O)=O)c(-c3ccc4c(n3)-c3cc5c(C(=O)O)cccc5n3CO4)cc12.CNC(=O)c1c(-c2ccc(F)cc2)oc2cc(N(C)S(C)(=O)=O)c(-c3ccc4c(n3)-c3cc5c(C(=O)OC)cccc5n3CO4)cc12.[Li+].[OH-]. The summed E-state index contributed by atoms with van der Waals surface area (Å²) < 4.78 is 114. The minimum Gasteiger partial charge on any atom is -0.870 e. The molecule has 478 valence electrons. The standard InChI is InChI=1S/C34H27FN4O7S.C33H25FN4O7S.Li.H2O/c1-36-33(40)30-23-14-22(26(38(2)47(4,42)43)16-29(23)46-32(30)18-8-10-19(35)11-9-18)24-12-13-28-31(37-24)27-15-21-20(34(41)44-3)6-5-7-25(21)39(27)17-45-28;1-35-32(39)29-22-13-21(25(37(2)46(3,42)43)15-28(22)45-31(29)17-7-9-18(34)10-8-17)23-11-12-27-30(36-23)26-14-20-19(33(40)41)5-4-6-24(20)38(26)16-44-27;;/h5-16H,17H2,1-4H3,(H,36,40);4-15H,16H2,1-3H3,(H,35,39)(H,40,41);;1H2/q;;+1;/p-1. The van der Waals surface area contributed by atoms with Crippen LogP contribution in [0.4, 0.5) is 20.2 Å². The molecule has 12 aromatic rings. The average Bonchev–Trinajstić information content (AvgIpc) is 1.66. The average molecular weight is 1320 g/mol. The molecular weight excluding hydrogens is 1270 g/mol. The second-order valence-electron chi connectivity index (χ2n) is 21.8. The van der Waals surface area contributed by atoms with Gasteiger partial charge in [0, 0.05) is 84.1 Å². The number of amides is 2. The van der Waals surface area contributed by atoms with Crippen molar-refractivity contribution in [2.24, 2.45) is 0 Å². The number of carbonyl (C=O) groups is 4. The third-order valence-electron chi connectivity index (χ3n) is 16.4. The van der Waals surface area contributed by atoms with Crippen LogP contribution in [-0.4, -0.2) is 118 Å². The Morgan fingerprint density at radius 3 is 1.35 bits per heavy atom. The van der Waals surface area contributed by atoms with Crippen molar-refractivity contribution in [1.29, 1.82) is 0 Å². The van der Waals surface area contributed by atoms with Gasteiger partial charge in [0.15, 0.2) is 13.5 Å². The summed E-state index contributed by atoms with van der Waals surface area (Å²) in [5, 5.41) is 17.0. The van der Waals surface area contributed by atoms with Crippen LogP contribution in [0.3, 0.4) is 0 Å². The smallest absolute Gasteiger partial charge is 0.870 e. The van der Waals surface area contributed by atoms with E-state index >= 15 is 0 Å². The zero-order valence-corrected chi connectivity index (χ0v) is 53.4. The molecule has 2 amide bonds. The van der Waals surface area contributed by atoms with Gasteiger partial charge in [-0.1, -0.05) is 12.1 Å². The van der Waals surface area contributed by atoms with E-state index in [4.69, 9.17) is 33.0 Å². The van der Waals surface area contributed by atoms with Gasteiger partial charge in [-0.15, -0.1) is 0 Å². The quantitative estimate of drug-likeness (QED) is 0.0764. The van der Waals surface area contributed by atoms with Crippen LogP contribution in [0.1, 0.15) is 41.4 Å². The number of carboxylic acids is 1. The number of furan rings is 2. The van der Waals surface area contributed by atoms with Crippen LogP contribution in [-0.2, 0) is 38.2 Å². The maximum Gasteiger partial charge on any atom is 1.00 e. The van der Waals surface area contributed by atoms with E-state index in [-0.39, 0.29) is 88.6 Å². The monoisotopic (exact) mass is 1320 g/mol. The first kappa shape index (κ1) is 65.7. The maximum absolute atomic E-state index is 13.8. The number of esters is 1. The Labute approximate surface area is 551 Å². The summed E-state index contributed by atoms with van der Waals surface area (Å²) >= 11 is 0. The van der Waals surface area contributed by atoms with Crippen LogP contribution in [0.15, 0.2) is 154 Å². The Bertz CT molecular complexity index is 5420. The number of hydrogen-bond acceptors (Lipinski definition) is 16. The number of nitrogens with one attached hydrogen (secondary N) is 2. The third-order valence-corrected chi connectivity index (χ3v) is 18.8. The molecule has 0 atom stereocenters. The van der Waals surface area contributed by atoms with E-state index in [2.05, 4.69) is 10.6 Å². The molecular formula is C67H53F2LiN8O15S2. The van der Waals surface area contributed by atoms with Crippen LogP contribution in [0, 0.1) is 11.6 Å². The van der Waals surface area contributed by atoms with Gasteiger partial charge >= 0.3 is 30.8 Å². The molecule has 0 saturated carbocycles. The number of hydrogen-bond donors (Lipinski definition) is 3. The third kappa shape index (κ3) is 11.4. The van der Waals surface area contributed by atoms with E-state index in [9.17, 15) is 49.9 Å². The molecule has 8 heterocycles. The zero-order chi connectivity index (χ0) is 65.7. The van der Waals surface area contributed by atoms with Gasteiger partial charge in [0.2, 0.25) is 20.0 Å². The summed E-state index contributed by atoms with van der Waals surface area (Å²) in [6.07, 6.45) is 2.14. The number of nitrogens with zero attached hydrogens (tertiary/aromatic N) is 6. The molecule has 0 radical (unpaired) electrons. The van der Waals surface area contributed by atoms with Gasteiger partial charge in [-0.3, -0.25) is 18.2 Å². The van der Waals surface area contributed by atoms with Crippen molar-refractivity contribution >= 4 is 98.9 Å². The van der Waals surface area contributed by atoms with E-state index < -0.39 is 55.4 Å². The van der Waals surface area contributed by atoms with E-state index in [0.29, 0.717) is 101 Å². The minimum absolute atomic E-state index is 0. The molecule has 95 heavy (non-hydrogen) atoms. The summed E-state index contributed by atoms with van der Waals surface area (Å²) in [5.74, 6) is -2.02. The summed E-state index contributed by atoms with van der Waals surface area (Å²) in [6, 6.07) is 38.1. The summed E-state index contributed by atoms with van der Waals surface area (Å²) in [6.45, 7) is 0.322. The Morgan fingerprint density at radius 1 is 0.568 bits per heavy atom. The number of fused-ring (bicyclic) bond motifs is 12. The number of methoxy groups -OCH3 is 1. The van der Waals surface area contributed by atoms with Gasteiger partial charge in [-0.25, -0.2) is 45.2 Å². The van der Waals surface area contributed by atoms with E-state index in [0.717, 1.165) is 26.6 Å². The van der Waals surface area contributed by atoms with Gasteiger partial charge in [0.25, 0.3) is 11.8 Å². The Hall–Kier alpha value is -10.8. The molecule has 2 aliphatic rings. The van der Waals surface area contributed by atoms with Crippen molar-refractivity contribution in [2.75, 3.05) is 56.4 Å². The Morgan fingerprint density at radius 2 is 0.968 bits per heavy atom. The molecule has 23 nitrogen and oxygen atoms in total. The van der Waals surface area contributed by atoms with Crippen LogP contribution in [0.25, 0.3) is 112 Å². The van der Waals surface area contributed by atoms with E-state index in [1.807, 2.05) is 21.3 Å². The molecule has 6 aromatic carbocycles.